The van der Waals surface area contributed by atoms with Crippen molar-refractivity contribution >= 4 is 0 Å². The van der Waals surface area contributed by atoms with Crippen LogP contribution in [0, 0.1) is 13.8 Å². The molecule has 0 spiro atoms. The highest BCUT2D eigenvalue weighted by Crippen LogP contribution is 2.19. The molecule has 2 nitrogen and oxygen atoms in total. The summed E-state index contributed by atoms with van der Waals surface area (Å²) in [7, 11) is 0. The number of benzene rings is 1. The van der Waals surface area contributed by atoms with Crippen LogP contribution in [0.5, 0.6) is 0 Å². The van der Waals surface area contributed by atoms with E-state index in [1.165, 1.54) is 22.4 Å². The highest BCUT2D eigenvalue weighted by molar-refractivity contribution is 5.32. The third-order valence-electron chi connectivity index (χ3n) is 3.75. The van der Waals surface area contributed by atoms with Crippen molar-refractivity contribution in [2.45, 2.75) is 46.8 Å². The summed E-state index contributed by atoms with van der Waals surface area (Å²) in [6, 6.07) is 11.3. The second-order valence-electron chi connectivity index (χ2n) is 5.25. The molecule has 1 atom stereocenters. The van der Waals surface area contributed by atoms with E-state index < -0.39 is 0 Å². The molecule has 1 heterocycles. The van der Waals surface area contributed by atoms with E-state index in [1.54, 1.807) is 0 Å². The molecule has 0 fully saturated rings. The van der Waals surface area contributed by atoms with Gasteiger partial charge in [0.2, 0.25) is 0 Å². The Morgan fingerprint density at radius 1 is 1.21 bits per heavy atom. The van der Waals surface area contributed by atoms with Gasteiger partial charge in [-0.2, -0.15) is 0 Å². The Morgan fingerprint density at radius 2 is 2.00 bits per heavy atom. The first-order chi connectivity index (χ1) is 9.11. The van der Waals surface area contributed by atoms with E-state index in [-0.39, 0.29) is 0 Å². The summed E-state index contributed by atoms with van der Waals surface area (Å²) in [6.07, 6.45) is 2.14. The quantitative estimate of drug-likeness (QED) is 0.856. The Morgan fingerprint density at radius 3 is 2.74 bits per heavy atom. The first-order valence-corrected chi connectivity index (χ1v) is 7.06. The van der Waals surface area contributed by atoms with Crippen LogP contribution in [-0.2, 0) is 13.1 Å². The van der Waals surface area contributed by atoms with Crippen LogP contribution in [0.3, 0.4) is 0 Å². The minimum absolute atomic E-state index is 0.375. The van der Waals surface area contributed by atoms with E-state index in [2.05, 4.69) is 74.1 Å². The van der Waals surface area contributed by atoms with E-state index >= 15 is 0 Å². The van der Waals surface area contributed by atoms with Gasteiger partial charge in [-0.3, -0.25) is 0 Å². The van der Waals surface area contributed by atoms with Crippen LogP contribution in [0.15, 0.2) is 36.5 Å². The van der Waals surface area contributed by atoms with Crippen LogP contribution < -0.4 is 5.32 Å². The minimum Gasteiger partial charge on any atom is -0.351 e. The van der Waals surface area contributed by atoms with Crippen LogP contribution in [0.25, 0.3) is 0 Å². The zero-order valence-electron chi connectivity index (χ0n) is 12.4. The normalized spacial score (nSPS) is 12.6. The van der Waals surface area contributed by atoms with Gasteiger partial charge in [-0.1, -0.05) is 23.8 Å². The van der Waals surface area contributed by atoms with Gasteiger partial charge in [0.15, 0.2) is 0 Å². The molecule has 2 heteroatoms. The van der Waals surface area contributed by atoms with Crippen molar-refractivity contribution < 1.29 is 0 Å². The van der Waals surface area contributed by atoms with E-state index in [0.29, 0.717) is 6.04 Å². The lowest BCUT2D eigenvalue weighted by Gasteiger charge is -2.18. The largest absolute Gasteiger partial charge is 0.351 e. The summed E-state index contributed by atoms with van der Waals surface area (Å²) >= 11 is 0. The SMILES string of the molecule is CCn1cccc1CNC(C)c1cc(C)ccc1C. The van der Waals surface area contributed by atoms with E-state index in [9.17, 15) is 0 Å². The fourth-order valence-corrected chi connectivity index (χ4v) is 2.51. The molecule has 1 aromatic heterocycles. The molecular formula is C17H24N2. The van der Waals surface area contributed by atoms with Gasteiger partial charge in [0.1, 0.15) is 0 Å². The molecule has 0 bridgehead atoms. The lowest BCUT2D eigenvalue weighted by Crippen LogP contribution is -2.20. The highest BCUT2D eigenvalue weighted by Gasteiger charge is 2.09. The van der Waals surface area contributed by atoms with Gasteiger partial charge in [0.25, 0.3) is 0 Å². The monoisotopic (exact) mass is 256 g/mol. The predicted molar refractivity (Wildman–Crippen MR) is 81.3 cm³/mol. The van der Waals surface area contributed by atoms with E-state index in [4.69, 9.17) is 0 Å². The molecule has 0 aliphatic rings. The van der Waals surface area contributed by atoms with Gasteiger partial charge in [0, 0.05) is 31.0 Å². The van der Waals surface area contributed by atoms with Gasteiger partial charge in [-0.05, 0) is 51.0 Å². The Labute approximate surface area is 116 Å². The average Bonchev–Trinajstić information content (AvgIpc) is 2.86. The third kappa shape index (κ3) is 3.27. The minimum atomic E-state index is 0.375. The summed E-state index contributed by atoms with van der Waals surface area (Å²) in [4.78, 5) is 0. The molecule has 0 radical (unpaired) electrons. The Bertz CT molecular complexity index is 540. The first-order valence-electron chi connectivity index (χ1n) is 7.06. The van der Waals surface area contributed by atoms with Crippen LogP contribution in [0.2, 0.25) is 0 Å². The summed E-state index contributed by atoms with van der Waals surface area (Å²) in [5.74, 6) is 0. The lowest BCUT2D eigenvalue weighted by atomic mass is 10.00. The number of aryl methyl sites for hydroxylation is 3. The third-order valence-corrected chi connectivity index (χ3v) is 3.75. The van der Waals surface area contributed by atoms with Crippen molar-refractivity contribution in [2.75, 3.05) is 0 Å². The molecule has 2 aromatic rings. The molecule has 2 rings (SSSR count). The van der Waals surface area contributed by atoms with Crippen LogP contribution >= 0.6 is 0 Å². The first kappa shape index (κ1) is 13.9. The molecule has 0 saturated carbocycles. The van der Waals surface area contributed by atoms with Crippen molar-refractivity contribution in [3.8, 4) is 0 Å². The smallest absolute Gasteiger partial charge is 0.0364 e. The second kappa shape index (κ2) is 6.07. The zero-order chi connectivity index (χ0) is 13.8. The van der Waals surface area contributed by atoms with Crippen molar-refractivity contribution in [2.24, 2.45) is 0 Å². The molecule has 0 aliphatic heterocycles. The molecule has 0 saturated heterocycles. The fourth-order valence-electron chi connectivity index (χ4n) is 2.51. The lowest BCUT2D eigenvalue weighted by molar-refractivity contribution is 0.547. The molecule has 102 valence electrons. The maximum atomic E-state index is 3.62. The van der Waals surface area contributed by atoms with Crippen LogP contribution in [-0.4, -0.2) is 4.57 Å². The van der Waals surface area contributed by atoms with Crippen molar-refractivity contribution in [3.05, 3.63) is 58.9 Å². The number of hydrogen-bond acceptors (Lipinski definition) is 1. The van der Waals surface area contributed by atoms with E-state index in [0.717, 1.165) is 13.1 Å². The average molecular weight is 256 g/mol. The number of aromatic nitrogens is 1. The standard InChI is InChI=1S/C17H24N2/c1-5-19-10-6-7-16(19)12-18-15(4)17-11-13(2)8-9-14(17)3/h6-11,15,18H,5,12H2,1-4H3. The molecule has 1 unspecified atom stereocenters. The number of hydrogen-bond donors (Lipinski definition) is 1. The summed E-state index contributed by atoms with van der Waals surface area (Å²) < 4.78 is 2.28. The maximum absolute atomic E-state index is 3.62. The summed E-state index contributed by atoms with van der Waals surface area (Å²) in [5, 5.41) is 3.62. The number of rotatable bonds is 5. The predicted octanol–water partition coefficient (Wildman–Crippen LogP) is 3.98. The van der Waals surface area contributed by atoms with Gasteiger partial charge >= 0.3 is 0 Å². The van der Waals surface area contributed by atoms with E-state index in [1.807, 2.05) is 0 Å². The van der Waals surface area contributed by atoms with Crippen molar-refractivity contribution in [3.63, 3.8) is 0 Å². The topological polar surface area (TPSA) is 17.0 Å². The maximum Gasteiger partial charge on any atom is 0.0364 e. The Kier molecular flexibility index (Phi) is 4.43. The van der Waals surface area contributed by atoms with Crippen molar-refractivity contribution in [1.82, 2.24) is 9.88 Å². The van der Waals surface area contributed by atoms with Crippen LogP contribution in [0.4, 0.5) is 0 Å². The number of nitrogens with one attached hydrogen (secondary N) is 1. The van der Waals surface area contributed by atoms with Gasteiger partial charge < -0.3 is 9.88 Å². The summed E-state index contributed by atoms with van der Waals surface area (Å²) in [5.41, 5.74) is 5.43. The van der Waals surface area contributed by atoms with Crippen molar-refractivity contribution in [1.29, 1.82) is 0 Å². The van der Waals surface area contributed by atoms with Gasteiger partial charge in [-0.15, -0.1) is 0 Å². The number of nitrogens with zero attached hydrogens (tertiary/aromatic N) is 1. The van der Waals surface area contributed by atoms with Gasteiger partial charge in [0.05, 0.1) is 0 Å². The van der Waals surface area contributed by atoms with Gasteiger partial charge in [-0.25, -0.2) is 0 Å². The highest BCUT2D eigenvalue weighted by atomic mass is 15.0. The molecule has 0 aliphatic carbocycles. The Hall–Kier alpha value is -1.54. The zero-order valence-corrected chi connectivity index (χ0v) is 12.4. The summed E-state index contributed by atoms with van der Waals surface area (Å²) in [6.45, 7) is 10.7. The molecule has 1 N–H and O–H groups in total. The Balaban J connectivity index is 2.05. The second-order valence-corrected chi connectivity index (χ2v) is 5.25. The van der Waals surface area contributed by atoms with Crippen LogP contribution in [0.1, 0.15) is 42.3 Å². The molecule has 1 aromatic carbocycles. The molecule has 0 amide bonds. The molecule has 19 heavy (non-hydrogen) atoms. The fraction of sp³-hybridized carbons (Fsp3) is 0.412. The molecular weight excluding hydrogens is 232 g/mol.